The van der Waals surface area contributed by atoms with Crippen molar-refractivity contribution in [1.29, 1.82) is 0 Å². The van der Waals surface area contributed by atoms with Gasteiger partial charge in [0.25, 0.3) is 0 Å². The first-order valence-corrected chi connectivity index (χ1v) is 5.45. The highest BCUT2D eigenvalue weighted by molar-refractivity contribution is 5.85. The summed E-state index contributed by atoms with van der Waals surface area (Å²) in [6.45, 7) is 1.79. The van der Waals surface area contributed by atoms with Gasteiger partial charge in [-0.3, -0.25) is 4.79 Å². The number of benzene rings is 1. The lowest BCUT2D eigenvalue weighted by molar-refractivity contribution is -0.274. The Balaban J connectivity index is 2.63. The Kier molecular flexibility index (Phi) is 4.72. The Bertz CT molecular complexity index is 401. The zero-order valence-corrected chi connectivity index (χ0v) is 9.83. The molecule has 0 radical (unpaired) electrons. The molecule has 0 aromatic heterocycles. The Hall–Kier alpha value is -1.56. The quantitative estimate of drug-likeness (QED) is 0.885. The number of carbonyl (C=O) groups is 1. The van der Waals surface area contributed by atoms with E-state index < -0.39 is 12.4 Å². The summed E-state index contributed by atoms with van der Waals surface area (Å²) in [6, 6.07) is 4.65. The molecule has 6 heteroatoms. The lowest BCUT2D eigenvalue weighted by Crippen LogP contribution is -2.30. The van der Waals surface area contributed by atoms with Gasteiger partial charge in [0.2, 0.25) is 0 Å². The largest absolute Gasteiger partial charge is 0.573 e. The van der Waals surface area contributed by atoms with Crippen LogP contribution in [0.5, 0.6) is 5.75 Å². The van der Waals surface area contributed by atoms with Crippen molar-refractivity contribution in [3.05, 3.63) is 29.8 Å². The monoisotopic (exact) mass is 261 g/mol. The Labute approximate surface area is 103 Å². The van der Waals surface area contributed by atoms with E-state index in [9.17, 15) is 18.0 Å². The first-order valence-electron chi connectivity index (χ1n) is 5.45. The van der Waals surface area contributed by atoms with Crippen molar-refractivity contribution in [2.75, 3.05) is 0 Å². The molecule has 1 atom stereocenters. The van der Waals surface area contributed by atoms with Gasteiger partial charge in [-0.25, -0.2) is 0 Å². The molecule has 2 N–H and O–H groups in total. The highest BCUT2D eigenvalue weighted by Crippen LogP contribution is 2.22. The summed E-state index contributed by atoms with van der Waals surface area (Å²) in [5, 5.41) is 0. The van der Waals surface area contributed by atoms with Gasteiger partial charge in [-0.15, -0.1) is 13.2 Å². The van der Waals surface area contributed by atoms with Crippen LogP contribution in [0.1, 0.15) is 18.9 Å². The molecular weight excluding hydrogens is 247 g/mol. The second-order valence-corrected chi connectivity index (χ2v) is 3.85. The van der Waals surface area contributed by atoms with E-state index in [-0.39, 0.29) is 18.0 Å². The van der Waals surface area contributed by atoms with E-state index in [0.29, 0.717) is 12.0 Å². The molecule has 0 saturated carbocycles. The smallest absolute Gasteiger partial charge is 0.406 e. The van der Waals surface area contributed by atoms with Crippen LogP contribution in [0.25, 0.3) is 0 Å². The molecule has 0 saturated heterocycles. The number of hydrogen-bond acceptors (Lipinski definition) is 3. The molecule has 1 aromatic rings. The maximum Gasteiger partial charge on any atom is 0.573 e. The summed E-state index contributed by atoms with van der Waals surface area (Å²) < 4.78 is 39.5. The minimum absolute atomic E-state index is 0.112. The Morgan fingerprint density at radius 2 is 1.89 bits per heavy atom. The normalized spacial score (nSPS) is 13.2. The molecule has 1 rings (SSSR count). The Morgan fingerprint density at radius 3 is 2.33 bits per heavy atom. The minimum atomic E-state index is -4.71. The predicted octanol–water partition coefficient (Wildman–Crippen LogP) is 2.43. The van der Waals surface area contributed by atoms with Gasteiger partial charge in [-0.05, 0) is 24.1 Å². The molecule has 0 aliphatic heterocycles. The maximum atomic E-state index is 11.9. The topological polar surface area (TPSA) is 52.3 Å². The second-order valence-electron chi connectivity index (χ2n) is 3.85. The van der Waals surface area contributed by atoms with Crippen LogP contribution < -0.4 is 10.5 Å². The molecule has 0 amide bonds. The fourth-order valence-electron chi connectivity index (χ4n) is 1.37. The van der Waals surface area contributed by atoms with Gasteiger partial charge in [0.05, 0.1) is 6.04 Å². The lowest BCUT2D eigenvalue weighted by Gasteiger charge is -2.10. The van der Waals surface area contributed by atoms with E-state index in [4.69, 9.17) is 5.73 Å². The molecule has 100 valence electrons. The zero-order chi connectivity index (χ0) is 13.8. The van der Waals surface area contributed by atoms with Crippen LogP contribution in [0.2, 0.25) is 0 Å². The van der Waals surface area contributed by atoms with Crippen LogP contribution in [-0.4, -0.2) is 18.2 Å². The third kappa shape index (κ3) is 4.75. The fraction of sp³-hybridized carbons (Fsp3) is 0.417. The highest BCUT2D eigenvalue weighted by atomic mass is 19.4. The molecular formula is C12H14F3NO2. The van der Waals surface area contributed by atoms with Crippen molar-refractivity contribution >= 4 is 5.78 Å². The van der Waals surface area contributed by atoms with Crippen LogP contribution in [0, 0.1) is 0 Å². The molecule has 0 aliphatic carbocycles. The number of nitrogens with two attached hydrogens (primary N) is 1. The zero-order valence-electron chi connectivity index (χ0n) is 9.83. The number of ketones is 1. The van der Waals surface area contributed by atoms with Gasteiger partial charge >= 0.3 is 6.36 Å². The van der Waals surface area contributed by atoms with Crippen LogP contribution in [0.4, 0.5) is 13.2 Å². The van der Waals surface area contributed by atoms with Gasteiger partial charge in [-0.2, -0.15) is 0 Å². The van der Waals surface area contributed by atoms with Crippen molar-refractivity contribution in [2.45, 2.75) is 32.2 Å². The number of ether oxygens (including phenoxy) is 1. The number of halogens is 3. The molecule has 0 spiro atoms. The van der Waals surface area contributed by atoms with Gasteiger partial charge in [0.1, 0.15) is 5.75 Å². The van der Waals surface area contributed by atoms with Crippen molar-refractivity contribution < 1.29 is 22.7 Å². The molecule has 3 nitrogen and oxygen atoms in total. The Morgan fingerprint density at radius 1 is 1.33 bits per heavy atom. The minimum Gasteiger partial charge on any atom is -0.406 e. The van der Waals surface area contributed by atoms with Crippen molar-refractivity contribution in [3.8, 4) is 5.75 Å². The van der Waals surface area contributed by atoms with Crippen molar-refractivity contribution in [1.82, 2.24) is 0 Å². The van der Waals surface area contributed by atoms with Crippen LogP contribution in [0.3, 0.4) is 0 Å². The summed E-state index contributed by atoms with van der Waals surface area (Å²) in [6.07, 6.45) is -4.06. The molecule has 0 bridgehead atoms. The summed E-state index contributed by atoms with van der Waals surface area (Å²) in [5.41, 5.74) is 6.16. The molecule has 1 aromatic carbocycles. The van der Waals surface area contributed by atoms with Gasteiger partial charge < -0.3 is 10.5 Å². The average molecular weight is 261 g/mol. The molecule has 18 heavy (non-hydrogen) atoms. The van der Waals surface area contributed by atoms with E-state index in [1.807, 2.05) is 0 Å². The highest BCUT2D eigenvalue weighted by Gasteiger charge is 2.30. The summed E-state index contributed by atoms with van der Waals surface area (Å²) in [5.74, 6) is -0.444. The van der Waals surface area contributed by atoms with Crippen LogP contribution in [0.15, 0.2) is 24.3 Å². The first kappa shape index (κ1) is 14.5. The average Bonchev–Trinajstić information content (AvgIpc) is 2.28. The fourth-order valence-corrected chi connectivity index (χ4v) is 1.37. The van der Waals surface area contributed by atoms with Gasteiger partial charge in [0, 0.05) is 6.42 Å². The van der Waals surface area contributed by atoms with E-state index >= 15 is 0 Å². The van der Waals surface area contributed by atoms with E-state index in [1.165, 1.54) is 24.3 Å². The number of carbonyl (C=O) groups excluding carboxylic acids is 1. The van der Waals surface area contributed by atoms with Gasteiger partial charge in [0.15, 0.2) is 5.78 Å². The van der Waals surface area contributed by atoms with E-state index in [1.54, 1.807) is 6.92 Å². The number of rotatable bonds is 5. The van der Waals surface area contributed by atoms with Crippen molar-refractivity contribution in [3.63, 3.8) is 0 Å². The number of alkyl halides is 3. The predicted molar refractivity (Wildman–Crippen MR) is 60.1 cm³/mol. The molecule has 0 aliphatic rings. The summed E-state index contributed by atoms with van der Waals surface area (Å²) in [7, 11) is 0. The molecule has 0 heterocycles. The van der Waals surface area contributed by atoms with Crippen molar-refractivity contribution in [2.24, 2.45) is 5.73 Å². The second kappa shape index (κ2) is 5.86. The number of Topliss-reactive ketones (excluding diaryl/α,β-unsaturated/α-hetero) is 1. The third-order valence-corrected chi connectivity index (χ3v) is 2.39. The summed E-state index contributed by atoms with van der Waals surface area (Å²) in [4.78, 5) is 11.5. The van der Waals surface area contributed by atoms with Gasteiger partial charge in [-0.1, -0.05) is 19.1 Å². The number of hydrogen-bond donors (Lipinski definition) is 1. The molecule has 1 unspecified atom stereocenters. The van der Waals surface area contributed by atoms with E-state index in [2.05, 4.69) is 4.74 Å². The van der Waals surface area contributed by atoms with Crippen LogP contribution >= 0.6 is 0 Å². The SMILES string of the molecule is CCC(N)C(=O)Cc1ccc(OC(F)(F)F)cc1. The first-order chi connectivity index (χ1) is 8.31. The van der Waals surface area contributed by atoms with E-state index in [0.717, 1.165) is 0 Å². The molecule has 0 fully saturated rings. The maximum absolute atomic E-state index is 11.9. The lowest BCUT2D eigenvalue weighted by atomic mass is 10.0. The third-order valence-electron chi connectivity index (χ3n) is 2.39. The standard InChI is InChI=1S/C12H14F3NO2/c1-2-10(16)11(17)7-8-3-5-9(6-4-8)18-12(13,14)15/h3-6,10H,2,7,16H2,1H3. The van der Waals surface area contributed by atoms with Crippen LogP contribution in [-0.2, 0) is 11.2 Å². The summed E-state index contributed by atoms with van der Waals surface area (Å²) >= 11 is 0.